The average molecular weight is 292 g/mol. The van der Waals surface area contributed by atoms with Gasteiger partial charge in [-0.1, -0.05) is 38.7 Å². The molecule has 1 N–H and O–H groups in total. The molecule has 2 rings (SSSR count). The van der Waals surface area contributed by atoms with Crippen LogP contribution in [-0.2, 0) is 4.79 Å². The summed E-state index contributed by atoms with van der Waals surface area (Å²) in [6.45, 7) is 2.31. The first-order chi connectivity index (χ1) is 10.2. The summed E-state index contributed by atoms with van der Waals surface area (Å²) in [7, 11) is 0. The number of carboxylic acid groups (broad SMARTS) is 1. The summed E-state index contributed by atoms with van der Waals surface area (Å²) in [4.78, 5) is 10.5. The molecule has 0 amide bonds. The molecule has 0 spiro atoms. The van der Waals surface area contributed by atoms with Gasteiger partial charge in [0.25, 0.3) is 0 Å². The van der Waals surface area contributed by atoms with Gasteiger partial charge in [-0.05, 0) is 68.6 Å². The topological polar surface area (TPSA) is 37.3 Å². The minimum Gasteiger partial charge on any atom is -0.478 e. The van der Waals surface area contributed by atoms with Crippen molar-refractivity contribution in [3.05, 3.63) is 12.2 Å². The van der Waals surface area contributed by atoms with Gasteiger partial charge in [-0.15, -0.1) is 0 Å². The Bertz CT molecular complexity index is 331. The molecule has 2 heteroatoms. The molecule has 0 atom stereocenters. The van der Waals surface area contributed by atoms with Crippen LogP contribution >= 0.6 is 0 Å². The molecule has 0 aromatic heterocycles. The molecule has 2 saturated carbocycles. The molecule has 120 valence electrons. The second-order valence-electron chi connectivity index (χ2n) is 7.33. The van der Waals surface area contributed by atoms with E-state index in [1.807, 2.05) is 6.08 Å². The summed E-state index contributed by atoms with van der Waals surface area (Å²) in [5.74, 6) is 2.89. The van der Waals surface area contributed by atoms with Crippen molar-refractivity contribution in [3.8, 4) is 0 Å². The van der Waals surface area contributed by atoms with Crippen LogP contribution < -0.4 is 0 Å². The summed E-state index contributed by atoms with van der Waals surface area (Å²) in [6.07, 6.45) is 18.2. The number of aliphatic carboxylic acids is 1. The molecule has 2 aliphatic rings. The predicted octanol–water partition coefficient (Wildman–Crippen LogP) is 5.43. The fourth-order valence-electron chi connectivity index (χ4n) is 4.61. The van der Waals surface area contributed by atoms with Gasteiger partial charge in [-0.3, -0.25) is 0 Å². The van der Waals surface area contributed by atoms with E-state index in [1.54, 1.807) is 0 Å². The van der Waals surface area contributed by atoms with Crippen molar-refractivity contribution >= 4 is 5.97 Å². The summed E-state index contributed by atoms with van der Waals surface area (Å²) in [5, 5.41) is 8.63. The molecule has 21 heavy (non-hydrogen) atoms. The van der Waals surface area contributed by atoms with Gasteiger partial charge in [0.2, 0.25) is 0 Å². The van der Waals surface area contributed by atoms with Crippen LogP contribution in [0, 0.1) is 23.7 Å². The van der Waals surface area contributed by atoms with Crippen LogP contribution in [0.5, 0.6) is 0 Å². The average Bonchev–Trinajstić information content (AvgIpc) is 2.49. The summed E-state index contributed by atoms with van der Waals surface area (Å²) >= 11 is 0. The van der Waals surface area contributed by atoms with Crippen molar-refractivity contribution in [1.29, 1.82) is 0 Å². The predicted molar refractivity (Wildman–Crippen MR) is 87.2 cm³/mol. The van der Waals surface area contributed by atoms with Crippen LogP contribution in [0.4, 0.5) is 0 Å². The number of hydrogen-bond acceptors (Lipinski definition) is 1. The second-order valence-corrected chi connectivity index (χ2v) is 7.33. The monoisotopic (exact) mass is 292 g/mol. The maximum absolute atomic E-state index is 10.5. The highest BCUT2D eigenvalue weighted by Crippen LogP contribution is 2.42. The van der Waals surface area contributed by atoms with Gasteiger partial charge in [-0.25, -0.2) is 4.79 Å². The van der Waals surface area contributed by atoms with E-state index in [4.69, 9.17) is 5.11 Å². The second kappa shape index (κ2) is 8.60. The molecule has 0 heterocycles. The van der Waals surface area contributed by atoms with E-state index in [9.17, 15) is 4.79 Å². The number of carboxylic acids is 1. The summed E-state index contributed by atoms with van der Waals surface area (Å²) < 4.78 is 0. The van der Waals surface area contributed by atoms with Crippen LogP contribution in [0.3, 0.4) is 0 Å². The van der Waals surface area contributed by atoms with Crippen molar-refractivity contribution in [2.45, 2.75) is 77.6 Å². The Morgan fingerprint density at radius 2 is 1.48 bits per heavy atom. The minimum atomic E-state index is -0.812. The third-order valence-corrected chi connectivity index (χ3v) is 5.88. The zero-order valence-corrected chi connectivity index (χ0v) is 13.6. The lowest BCUT2D eigenvalue weighted by molar-refractivity contribution is -0.131. The fraction of sp³-hybridized carbons (Fsp3) is 0.842. The Hall–Kier alpha value is -0.790. The molecule has 2 nitrogen and oxygen atoms in total. The van der Waals surface area contributed by atoms with Crippen molar-refractivity contribution in [3.63, 3.8) is 0 Å². The Morgan fingerprint density at radius 1 is 0.952 bits per heavy atom. The highest BCUT2D eigenvalue weighted by atomic mass is 16.4. The third kappa shape index (κ3) is 5.48. The largest absolute Gasteiger partial charge is 0.478 e. The number of allylic oxidation sites excluding steroid dienone is 1. The highest BCUT2D eigenvalue weighted by molar-refractivity contribution is 5.79. The van der Waals surface area contributed by atoms with Gasteiger partial charge in [0.05, 0.1) is 0 Å². The lowest BCUT2D eigenvalue weighted by Gasteiger charge is -2.37. The molecule has 0 saturated heterocycles. The lowest BCUT2D eigenvalue weighted by atomic mass is 9.68. The van der Waals surface area contributed by atoms with E-state index in [0.29, 0.717) is 0 Å². The van der Waals surface area contributed by atoms with E-state index in [0.717, 1.165) is 30.1 Å². The van der Waals surface area contributed by atoms with Gasteiger partial charge in [-0.2, -0.15) is 0 Å². The zero-order chi connectivity index (χ0) is 15.1. The Balaban J connectivity index is 1.66. The maximum atomic E-state index is 10.5. The molecule has 0 aromatic carbocycles. The van der Waals surface area contributed by atoms with E-state index >= 15 is 0 Å². The minimum absolute atomic E-state index is 0.730. The van der Waals surface area contributed by atoms with Gasteiger partial charge >= 0.3 is 5.97 Å². The van der Waals surface area contributed by atoms with Crippen molar-refractivity contribution in [1.82, 2.24) is 0 Å². The molecule has 2 aliphatic carbocycles. The maximum Gasteiger partial charge on any atom is 0.327 e. The first-order valence-corrected chi connectivity index (χ1v) is 9.08. The van der Waals surface area contributed by atoms with Gasteiger partial charge < -0.3 is 5.11 Å². The Kier molecular flexibility index (Phi) is 6.79. The first-order valence-electron chi connectivity index (χ1n) is 9.08. The Morgan fingerprint density at radius 3 is 1.95 bits per heavy atom. The number of rotatable bonds is 6. The van der Waals surface area contributed by atoms with Crippen molar-refractivity contribution in [2.24, 2.45) is 23.7 Å². The fourth-order valence-corrected chi connectivity index (χ4v) is 4.61. The quantitative estimate of drug-likeness (QED) is 0.663. The zero-order valence-electron chi connectivity index (χ0n) is 13.6. The normalized spacial score (nSPS) is 34.1. The SMILES string of the molecule is CCCC1CCC(C2CCC(C/C=C/C(=O)O)CC2)CC1. The molecule has 2 fully saturated rings. The smallest absolute Gasteiger partial charge is 0.327 e. The van der Waals surface area contributed by atoms with Gasteiger partial charge in [0.1, 0.15) is 0 Å². The van der Waals surface area contributed by atoms with Gasteiger partial charge in [0, 0.05) is 6.08 Å². The molecular formula is C19H32O2. The van der Waals surface area contributed by atoms with Gasteiger partial charge in [0.15, 0.2) is 0 Å². The standard InChI is InChI=1S/C19H32O2/c1-2-4-15-7-11-17(12-8-15)18-13-9-16(10-14-18)5-3-6-19(20)21/h3,6,15-18H,2,4-5,7-14H2,1H3,(H,20,21)/b6-3+. The van der Waals surface area contributed by atoms with Crippen LogP contribution in [-0.4, -0.2) is 11.1 Å². The molecule has 0 aliphatic heterocycles. The first kappa shape index (κ1) is 16.6. The third-order valence-electron chi connectivity index (χ3n) is 5.88. The summed E-state index contributed by atoms with van der Waals surface area (Å²) in [5.41, 5.74) is 0. The highest BCUT2D eigenvalue weighted by Gasteiger charge is 2.30. The molecule has 0 bridgehead atoms. The van der Waals surface area contributed by atoms with E-state index in [1.165, 1.54) is 70.3 Å². The molecule has 0 radical (unpaired) electrons. The lowest BCUT2D eigenvalue weighted by Crippen LogP contribution is -2.25. The van der Waals surface area contributed by atoms with Crippen LogP contribution in [0.2, 0.25) is 0 Å². The van der Waals surface area contributed by atoms with Crippen LogP contribution in [0.15, 0.2) is 12.2 Å². The molecular weight excluding hydrogens is 260 g/mol. The van der Waals surface area contributed by atoms with Crippen LogP contribution in [0.1, 0.15) is 77.6 Å². The summed E-state index contributed by atoms with van der Waals surface area (Å²) in [6, 6.07) is 0. The number of hydrogen-bond donors (Lipinski definition) is 1. The molecule has 0 unspecified atom stereocenters. The van der Waals surface area contributed by atoms with Crippen molar-refractivity contribution in [2.75, 3.05) is 0 Å². The van der Waals surface area contributed by atoms with E-state index in [2.05, 4.69) is 6.92 Å². The van der Waals surface area contributed by atoms with Crippen molar-refractivity contribution < 1.29 is 9.90 Å². The Labute approximate surface area is 130 Å². The van der Waals surface area contributed by atoms with E-state index in [-0.39, 0.29) is 0 Å². The molecule has 0 aromatic rings. The van der Waals surface area contributed by atoms with E-state index < -0.39 is 5.97 Å². The van der Waals surface area contributed by atoms with Crippen LogP contribution in [0.25, 0.3) is 0 Å². The number of carbonyl (C=O) groups is 1.